The van der Waals surface area contributed by atoms with Crippen molar-refractivity contribution in [1.82, 2.24) is 0 Å². The van der Waals surface area contributed by atoms with Crippen molar-refractivity contribution >= 4 is 20.2 Å². The van der Waals surface area contributed by atoms with Crippen LogP contribution in [0.3, 0.4) is 0 Å². The molecule has 8 heteroatoms. The van der Waals surface area contributed by atoms with E-state index in [2.05, 4.69) is 0 Å². The van der Waals surface area contributed by atoms with Crippen LogP contribution in [0.4, 0.5) is 0 Å². The number of hydrogen-bond acceptors (Lipinski definition) is 4. The first-order valence-corrected chi connectivity index (χ1v) is 11.0. The van der Waals surface area contributed by atoms with Crippen LogP contribution >= 0.6 is 0 Å². The van der Waals surface area contributed by atoms with Crippen LogP contribution in [0.5, 0.6) is 0 Å². The van der Waals surface area contributed by atoms with E-state index in [1.807, 2.05) is 13.8 Å². The number of rotatable bonds is 10. The van der Waals surface area contributed by atoms with Crippen LogP contribution in [0.25, 0.3) is 0 Å². The van der Waals surface area contributed by atoms with Gasteiger partial charge in [-0.05, 0) is 51.4 Å². The Kier molecular flexibility index (Phi) is 7.74. The van der Waals surface area contributed by atoms with Crippen molar-refractivity contribution < 1.29 is 25.9 Å². The molecule has 6 nitrogen and oxygen atoms in total. The molecule has 0 rings (SSSR count). The second kappa shape index (κ2) is 7.80. The smallest absolute Gasteiger partial charge is 0.270 e. The van der Waals surface area contributed by atoms with E-state index in [0.717, 1.165) is 0 Å². The molecule has 0 amide bonds. The van der Waals surface area contributed by atoms with Crippen LogP contribution in [0.2, 0.25) is 0 Å². The molecule has 0 fully saturated rings. The summed E-state index contributed by atoms with van der Waals surface area (Å²) in [6.07, 6.45) is 1.71. The van der Waals surface area contributed by atoms with E-state index >= 15 is 0 Å². The van der Waals surface area contributed by atoms with E-state index in [-0.39, 0.29) is 37.5 Å². The summed E-state index contributed by atoms with van der Waals surface area (Å²) in [7, 11) is -8.40. The quantitative estimate of drug-likeness (QED) is 0.568. The zero-order valence-corrected chi connectivity index (χ0v) is 16.7. The summed E-state index contributed by atoms with van der Waals surface area (Å²) in [4.78, 5) is 0. The van der Waals surface area contributed by atoms with Gasteiger partial charge in [0.2, 0.25) is 0 Å². The fraction of sp³-hybridized carbons (Fsp3) is 1.00. The molecular weight excluding hydrogens is 340 g/mol. The maximum atomic E-state index is 11.7. The van der Waals surface area contributed by atoms with Gasteiger partial charge in [0.15, 0.2) is 0 Å². The van der Waals surface area contributed by atoms with E-state index in [0.29, 0.717) is 6.42 Å². The lowest BCUT2D eigenvalue weighted by Crippen LogP contribution is -2.40. The maximum Gasteiger partial charge on any atom is 0.270 e. The Morgan fingerprint density at radius 1 is 0.826 bits per heavy atom. The minimum absolute atomic E-state index is 0.0745. The third-order valence-corrected chi connectivity index (χ3v) is 8.92. The summed E-state index contributed by atoms with van der Waals surface area (Å²) < 4.78 is 63.2. The van der Waals surface area contributed by atoms with Gasteiger partial charge in [0.1, 0.15) is 0 Å². The molecule has 4 unspecified atom stereocenters. The van der Waals surface area contributed by atoms with Crippen LogP contribution in [0.15, 0.2) is 0 Å². The highest BCUT2D eigenvalue weighted by molar-refractivity contribution is 7.87. The van der Waals surface area contributed by atoms with Gasteiger partial charge in [-0.15, -0.1) is 0 Å². The molecule has 0 aliphatic rings. The highest BCUT2D eigenvalue weighted by atomic mass is 32.2. The summed E-state index contributed by atoms with van der Waals surface area (Å²) >= 11 is 0. The lowest BCUT2D eigenvalue weighted by molar-refractivity contribution is 0.242. The van der Waals surface area contributed by atoms with Gasteiger partial charge in [-0.2, -0.15) is 16.8 Å². The van der Waals surface area contributed by atoms with Crippen LogP contribution in [0.1, 0.15) is 73.6 Å². The molecule has 0 radical (unpaired) electrons. The SMILES string of the molecule is CCC(CC(C)(CC)S(=O)(=O)O)C(C)CC(C)(CC)S(=O)(=O)O. The molecule has 0 aromatic rings. The molecule has 0 aliphatic carbocycles. The Hall–Kier alpha value is -0.180. The van der Waals surface area contributed by atoms with Gasteiger partial charge in [-0.1, -0.05) is 34.1 Å². The van der Waals surface area contributed by atoms with Crippen molar-refractivity contribution in [2.75, 3.05) is 0 Å². The van der Waals surface area contributed by atoms with Gasteiger partial charge in [0.25, 0.3) is 20.2 Å². The van der Waals surface area contributed by atoms with E-state index in [1.165, 1.54) is 13.8 Å². The number of hydrogen-bond donors (Lipinski definition) is 2. The summed E-state index contributed by atoms with van der Waals surface area (Å²) in [6.45, 7) is 10.2. The molecule has 0 heterocycles. The van der Waals surface area contributed by atoms with Crippen molar-refractivity contribution in [3.05, 3.63) is 0 Å². The van der Waals surface area contributed by atoms with Crippen molar-refractivity contribution in [3.63, 3.8) is 0 Å². The van der Waals surface area contributed by atoms with E-state index < -0.39 is 29.7 Å². The van der Waals surface area contributed by atoms with E-state index in [9.17, 15) is 25.9 Å². The second-order valence-electron chi connectivity index (χ2n) is 7.11. The van der Waals surface area contributed by atoms with Crippen LogP contribution in [0, 0.1) is 11.8 Å². The van der Waals surface area contributed by atoms with E-state index in [1.54, 1.807) is 13.8 Å². The highest BCUT2D eigenvalue weighted by Gasteiger charge is 2.42. The van der Waals surface area contributed by atoms with E-state index in [4.69, 9.17) is 0 Å². The summed E-state index contributed by atoms with van der Waals surface area (Å²) in [5.41, 5.74) is 0. The van der Waals surface area contributed by atoms with Crippen LogP contribution in [-0.2, 0) is 20.2 Å². The molecule has 0 saturated carbocycles. The Bertz CT molecular complexity index is 583. The van der Waals surface area contributed by atoms with Gasteiger partial charge >= 0.3 is 0 Å². The fourth-order valence-electron chi connectivity index (χ4n) is 3.01. The molecule has 0 aliphatic heterocycles. The predicted molar refractivity (Wildman–Crippen MR) is 92.7 cm³/mol. The van der Waals surface area contributed by atoms with Crippen molar-refractivity contribution in [1.29, 1.82) is 0 Å². The fourth-order valence-corrected chi connectivity index (χ4v) is 4.64. The van der Waals surface area contributed by atoms with Crippen molar-refractivity contribution in [2.45, 2.75) is 83.1 Å². The average molecular weight is 373 g/mol. The lowest BCUT2D eigenvalue weighted by atomic mass is 9.78. The lowest BCUT2D eigenvalue weighted by Gasteiger charge is -2.35. The minimum atomic E-state index is -4.20. The molecule has 0 spiro atoms. The molecule has 4 atom stereocenters. The predicted octanol–water partition coefficient (Wildman–Crippen LogP) is 3.54. The zero-order valence-electron chi connectivity index (χ0n) is 15.0. The van der Waals surface area contributed by atoms with Gasteiger partial charge in [0.05, 0.1) is 9.49 Å². The minimum Gasteiger partial charge on any atom is -0.285 e. The molecule has 0 aromatic carbocycles. The molecule has 140 valence electrons. The van der Waals surface area contributed by atoms with Gasteiger partial charge in [-0.25, -0.2) is 0 Å². The molecule has 2 N–H and O–H groups in total. The van der Waals surface area contributed by atoms with Crippen LogP contribution < -0.4 is 0 Å². The molecule has 0 saturated heterocycles. The summed E-state index contributed by atoms with van der Waals surface area (Å²) in [5.74, 6) is -0.186. The monoisotopic (exact) mass is 372 g/mol. The van der Waals surface area contributed by atoms with Crippen molar-refractivity contribution in [2.24, 2.45) is 11.8 Å². The molecule has 23 heavy (non-hydrogen) atoms. The van der Waals surface area contributed by atoms with Gasteiger partial charge in [0, 0.05) is 0 Å². The first kappa shape index (κ1) is 22.8. The Morgan fingerprint density at radius 2 is 1.17 bits per heavy atom. The molecule has 0 bridgehead atoms. The highest BCUT2D eigenvalue weighted by Crippen LogP contribution is 2.38. The third kappa shape index (κ3) is 5.41. The maximum absolute atomic E-state index is 11.7. The van der Waals surface area contributed by atoms with Gasteiger partial charge in [-0.3, -0.25) is 9.11 Å². The summed E-state index contributed by atoms with van der Waals surface area (Å²) in [5, 5.41) is 0. The van der Waals surface area contributed by atoms with Gasteiger partial charge < -0.3 is 0 Å². The molecular formula is C15H32O6S2. The average Bonchev–Trinajstić information content (AvgIpc) is 2.41. The Morgan fingerprint density at radius 3 is 1.43 bits per heavy atom. The summed E-state index contributed by atoms with van der Waals surface area (Å²) in [6, 6.07) is 0. The third-order valence-electron chi connectivity index (χ3n) is 5.52. The normalized spacial score (nSPS) is 21.2. The Balaban J connectivity index is 5.42. The topological polar surface area (TPSA) is 109 Å². The zero-order chi connectivity index (χ0) is 18.7. The largest absolute Gasteiger partial charge is 0.285 e. The first-order valence-electron chi connectivity index (χ1n) is 8.11. The molecule has 0 aromatic heterocycles. The Labute approximate surface area is 141 Å². The first-order chi connectivity index (χ1) is 10.2. The van der Waals surface area contributed by atoms with Crippen molar-refractivity contribution in [3.8, 4) is 0 Å². The second-order valence-corrected chi connectivity index (χ2v) is 11.0. The van der Waals surface area contributed by atoms with Crippen LogP contribution in [-0.4, -0.2) is 35.4 Å². The standard InChI is InChI=1S/C15H32O6S2/c1-7-13(11-15(6,9-3)23(19,20)21)12(4)10-14(5,8-2)22(16,17)18/h12-13H,7-11H2,1-6H3,(H,16,17,18)(H,19,20,21).